The topological polar surface area (TPSA) is 81.2 Å². The first-order valence-electron chi connectivity index (χ1n) is 10.0. The molecule has 8 nitrogen and oxygen atoms in total. The van der Waals surface area contributed by atoms with Crippen molar-refractivity contribution in [1.29, 1.82) is 0 Å². The predicted molar refractivity (Wildman–Crippen MR) is 106 cm³/mol. The summed E-state index contributed by atoms with van der Waals surface area (Å²) in [6.07, 6.45) is 3.74. The summed E-state index contributed by atoms with van der Waals surface area (Å²) in [6.45, 7) is 5.53. The highest BCUT2D eigenvalue weighted by Crippen LogP contribution is 2.44. The number of halogens is 1. The van der Waals surface area contributed by atoms with Crippen LogP contribution in [0, 0.1) is 5.41 Å². The fourth-order valence-electron chi connectivity index (χ4n) is 5.07. The molecule has 4 aliphatic rings. The van der Waals surface area contributed by atoms with Crippen molar-refractivity contribution in [2.24, 2.45) is 5.41 Å². The first-order valence-corrected chi connectivity index (χ1v) is 11.8. The molecule has 4 fully saturated rings. The van der Waals surface area contributed by atoms with Crippen molar-refractivity contribution >= 4 is 21.6 Å². The number of piperidine rings is 1. The van der Waals surface area contributed by atoms with Crippen LogP contribution in [0.1, 0.15) is 19.3 Å². The average molecular weight is 444 g/mol. The second-order valence-electron chi connectivity index (χ2n) is 8.81. The lowest BCUT2D eigenvalue weighted by atomic mass is 9.76. The Morgan fingerprint density at radius 2 is 2.00 bits per heavy atom. The molecule has 0 amide bonds. The SMILES string of the molecule is COc1ncc(Cl)cc1S(=O)(=O)N1CCC2(CC1)C[C@@H](N1CC3(COC3)C1)CO2. The van der Waals surface area contributed by atoms with Gasteiger partial charge in [-0.3, -0.25) is 4.90 Å². The Bertz CT molecular complexity index is 891. The van der Waals surface area contributed by atoms with Crippen molar-refractivity contribution in [3.63, 3.8) is 0 Å². The van der Waals surface area contributed by atoms with Crippen molar-refractivity contribution in [3.05, 3.63) is 17.3 Å². The summed E-state index contributed by atoms with van der Waals surface area (Å²) in [4.78, 5) is 6.52. The van der Waals surface area contributed by atoms with Crippen LogP contribution in [0.25, 0.3) is 0 Å². The fourth-order valence-corrected chi connectivity index (χ4v) is 6.87. The van der Waals surface area contributed by atoms with Gasteiger partial charge in [0, 0.05) is 43.8 Å². The number of hydrogen-bond donors (Lipinski definition) is 0. The maximum Gasteiger partial charge on any atom is 0.248 e. The third kappa shape index (κ3) is 3.36. The quantitative estimate of drug-likeness (QED) is 0.695. The van der Waals surface area contributed by atoms with Gasteiger partial charge in [-0.15, -0.1) is 0 Å². The van der Waals surface area contributed by atoms with Gasteiger partial charge in [0.25, 0.3) is 0 Å². The number of pyridine rings is 1. The Morgan fingerprint density at radius 1 is 1.28 bits per heavy atom. The van der Waals surface area contributed by atoms with E-state index in [0.717, 1.165) is 39.3 Å². The number of likely N-dealkylation sites (tertiary alicyclic amines) is 1. The van der Waals surface area contributed by atoms with Crippen LogP contribution >= 0.6 is 11.6 Å². The van der Waals surface area contributed by atoms with Gasteiger partial charge in [0.05, 0.1) is 37.6 Å². The predicted octanol–water partition coefficient (Wildman–Crippen LogP) is 1.39. The highest BCUT2D eigenvalue weighted by Gasteiger charge is 2.54. The van der Waals surface area contributed by atoms with Gasteiger partial charge < -0.3 is 14.2 Å². The van der Waals surface area contributed by atoms with E-state index in [-0.39, 0.29) is 21.4 Å². The van der Waals surface area contributed by atoms with Gasteiger partial charge in [0.15, 0.2) is 0 Å². The molecule has 0 aliphatic carbocycles. The minimum atomic E-state index is -3.73. The minimum Gasteiger partial charge on any atom is -0.480 e. The Balaban J connectivity index is 1.23. The molecule has 29 heavy (non-hydrogen) atoms. The number of ether oxygens (including phenoxy) is 3. The van der Waals surface area contributed by atoms with Crippen LogP contribution in [0.2, 0.25) is 5.02 Å². The second kappa shape index (κ2) is 7.03. The monoisotopic (exact) mass is 443 g/mol. The third-order valence-electron chi connectivity index (χ3n) is 6.83. The smallest absolute Gasteiger partial charge is 0.248 e. The zero-order chi connectivity index (χ0) is 20.3. The zero-order valence-corrected chi connectivity index (χ0v) is 18.0. The number of nitrogens with zero attached hydrogens (tertiary/aromatic N) is 3. The molecule has 160 valence electrons. The number of hydrogen-bond acceptors (Lipinski definition) is 7. The van der Waals surface area contributed by atoms with E-state index in [0.29, 0.717) is 37.4 Å². The second-order valence-corrected chi connectivity index (χ2v) is 11.2. The van der Waals surface area contributed by atoms with Crippen molar-refractivity contribution in [3.8, 4) is 5.88 Å². The average Bonchev–Trinajstić information content (AvgIpc) is 3.03. The lowest BCUT2D eigenvalue weighted by Crippen LogP contribution is -2.68. The molecule has 0 unspecified atom stereocenters. The molecule has 4 aliphatic heterocycles. The van der Waals surface area contributed by atoms with Crippen LogP contribution in [0.15, 0.2) is 17.2 Å². The van der Waals surface area contributed by atoms with Gasteiger partial charge in [-0.1, -0.05) is 11.6 Å². The van der Waals surface area contributed by atoms with E-state index in [4.69, 9.17) is 25.8 Å². The molecular formula is C19H26ClN3O5S. The largest absolute Gasteiger partial charge is 0.480 e. The molecule has 0 bridgehead atoms. The van der Waals surface area contributed by atoms with Crippen LogP contribution in [-0.2, 0) is 19.5 Å². The number of rotatable bonds is 4. The lowest BCUT2D eigenvalue weighted by molar-refractivity contribution is -0.197. The molecule has 0 radical (unpaired) electrons. The standard InChI is InChI=1S/C19H26ClN3O5S/c1-26-17-16(6-14(20)8-21-17)29(24,25)23-4-2-19(3-5-23)7-15(9-28-19)22-10-18(11-22)12-27-13-18/h6,8,15H,2-5,7,9-13H2,1H3/t15-/m1/s1. The first kappa shape index (κ1) is 20.0. The van der Waals surface area contributed by atoms with Crippen LogP contribution in [-0.4, -0.2) is 87.4 Å². The molecule has 4 saturated heterocycles. The van der Waals surface area contributed by atoms with Gasteiger partial charge in [-0.05, 0) is 25.3 Å². The Labute approximate surface area is 176 Å². The molecule has 1 aromatic rings. The summed E-state index contributed by atoms with van der Waals surface area (Å²) in [6, 6.07) is 1.83. The van der Waals surface area contributed by atoms with Gasteiger partial charge in [-0.25, -0.2) is 13.4 Å². The lowest BCUT2D eigenvalue weighted by Gasteiger charge is -2.57. The Morgan fingerprint density at radius 3 is 2.62 bits per heavy atom. The number of aromatic nitrogens is 1. The summed E-state index contributed by atoms with van der Waals surface area (Å²) in [7, 11) is -2.32. The summed E-state index contributed by atoms with van der Waals surface area (Å²) in [5.41, 5.74) is 0.184. The molecule has 1 atom stereocenters. The summed E-state index contributed by atoms with van der Waals surface area (Å²) < 4.78 is 44.5. The van der Waals surface area contributed by atoms with E-state index in [2.05, 4.69) is 9.88 Å². The minimum absolute atomic E-state index is 0.0160. The molecule has 0 saturated carbocycles. The highest BCUT2D eigenvalue weighted by molar-refractivity contribution is 7.89. The molecule has 1 aromatic heterocycles. The Kier molecular flexibility index (Phi) is 4.84. The van der Waals surface area contributed by atoms with Gasteiger partial charge >= 0.3 is 0 Å². The molecule has 5 heterocycles. The van der Waals surface area contributed by atoms with Crippen LogP contribution < -0.4 is 4.74 Å². The first-order chi connectivity index (χ1) is 13.8. The summed E-state index contributed by atoms with van der Waals surface area (Å²) in [5, 5.41) is 0.268. The van der Waals surface area contributed by atoms with E-state index < -0.39 is 10.0 Å². The normalized spacial score (nSPS) is 29.0. The molecule has 10 heteroatoms. The van der Waals surface area contributed by atoms with Crippen LogP contribution in [0.5, 0.6) is 5.88 Å². The van der Waals surface area contributed by atoms with Crippen LogP contribution in [0.4, 0.5) is 0 Å². The van der Waals surface area contributed by atoms with E-state index in [9.17, 15) is 8.42 Å². The molecule has 5 rings (SSSR count). The van der Waals surface area contributed by atoms with E-state index >= 15 is 0 Å². The van der Waals surface area contributed by atoms with E-state index in [1.807, 2.05) is 0 Å². The molecular weight excluding hydrogens is 418 g/mol. The van der Waals surface area contributed by atoms with Crippen molar-refractivity contribution in [2.45, 2.75) is 35.8 Å². The van der Waals surface area contributed by atoms with Crippen molar-refractivity contribution in [1.82, 2.24) is 14.2 Å². The van der Waals surface area contributed by atoms with Crippen LogP contribution in [0.3, 0.4) is 0 Å². The third-order valence-corrected chi connectivity index (χ3v) is 8.93. The maximum absolute atomic E-state index is 13.1. The summed E-state index contributed by atoms with van der Waals surface area (Å²) in [5.74, 6) is 0.0681. The fraction of sp³-hybridized carbons (Fsp3) is 0.737. The molecule has 2 spiro atoms. The van der Waals surface area contributed by atoms with Crippen molar-refractivity contribution in [2.75, 3.05) is 53.1 Å². The highest BCUT2D eigenvalue weighted by atomic mass is 35.5. The van der Waals surface area contributed by atoms with Gasteiger partial charge in [0.2, 0.25) is 15.9 Å². The van der Waals surface area contributed by atoms with E-state index in [1.165, 1.54) is 23.7 Å². The van der Waals surface area contributed by atoms with Gasteiger partial charge in [-0.2, -0.15) is 4.31 Å². The van der Waals surface area contributed by atoms with Crippen molar-refractivity contribution < 1.29 is 22.6 Å². The van der Waals surface area contributed by atoms with E-state index in [1.54, 1.807) is 0 Å². The summed E-state index contributed by atoms with van der Waals surface area (Å²) >= 11 is 5.98. The number of sulfonamides is 1. The van der Waals surface area contributed by atoms with Gasteiger partial charge in [0.1, 0.15) is 4.90 Å². The molecule has 0 N–H and O–H groups in total. The maximum atomic E-state index is 13.1. The Hall–Kier alpha value is -0.970. The molecule has 0 aromatic carbocycles. The number of methoxy groups -OCH3 is 1. The zero-order valence-electron chi connectivity index (χ0n) is 16.5.